The monoisotopic (exact) mass is 202 g/mol. The zero-order chi connectivity index (χ0) is 9.90. The van der Waals surface area contributed by atoms with E-state index in [1.807, 2.05) is 11.8 Å². The molecule has 0 spiro atoms. The molecule has 0 saturated carbocycles. The predicted molar refractivity (Wildman–Crippen MR) is 56.1 cm³/mol. The van der Waals surface area contributed by atoms with Crippen LogP contribution in [0.1, 0.15) is 33.1 Å². The van der Waals surface area contributed by atoms with Gasteiger partial charge in [0.25, 0.3) is 0 Å². The molecular formula is C10H18O2S. The highest BCUT2D eigenvalue weighted by molar-refractivity contribution is 7.99. The van der Waals surface area contributed by atoms with Gasteiger partial charge in [-0.3, -0.25) is 4.79 Å². The van der Waals surface area contributed by atoms with Crippen LogP contribution in [0.3, 0.4) is 0 Å². The molecule has 0 unspecified atom stereocenters. The highest BCUT2D eigenvalue weighted by atomic mass is 32.2. The van der Waals surface area contributed by atoms with Crippen LogP contribution < -0.4 is 0 Å². The summed E-state index contributed by atoms with van der Waals surface area (Å²) in [4.78, 5) is 10.8. The summed E-state index contributed by atoms with van der Waals surface area (Å²) in [6.07, 6.45) is 2.49. The second-order valence-corrected chi connectivity index (χ2v) is 5.42. The summed E-state index contributed by atoms with van der Waals surface area (Å²) in [6, 6.07) is 0. The van der Waals surface area contributed by atoms with Gasteiger partial charge >= 0.3 is 5.97 Å². The Morgan fingerprint density at radius 3 is 2.38 bits per heavy atom. The van der Waals surface area contributed by atoms with E-state index in [0.29, 0.717) is 12.3 Å². The van der Waals surface area contributed by atoms with Crippen molar-refractivity contribution in [3.8, 4) is 0 Å². The molecule has 1 saturated heterocycles. The fraction of sp³-hybridized carbons (Fsp3) is 0.900. The summed E-state index contributed by atoms with van der Waals surface area (Å²) in [5.74, 6) is 2.11. The van der Waals surface area contributed by atoms with Crippen LogP contribution in [0.25, 0.3) is 0 Å². The third kappa shape index (κ3) is 2.63. The van der Waals surface area contributed by atoms with Gasteiger partial charge in [0.1, 0.15) is 0 Å². The first-order valence-corrected chi connectivity index (χ1v) is 6.02. The lowest BCUT2D eigenvalue weighted by Gasteiger charge is -2.39. The van der Waals surface area contributed by atoms with Gasteiger partial charge in [-0.15, -0.1) is 0 Å². The molecule has 0 aromatic heterocycles. The summed E-state index contributed by atoms with van der Waals surface area (Å²) < 4.78 is 0. The van der Waals surface area contributed by atoms with Crippen molar-refractivity contribution in [1.29, 1.82) is 0 Å². The summed E-state index contributed by atoms with van der Waals surface area (Å²) in [7, 11) is 0. The molecular weight excluding hydrogens is 184 g/mol. The van der Waals surface area contributed by atoms with E-state index in [0.717, 1.165) is 24.3 Å². The Balaban J connectivity index is 2.67. The van der Waals surface area contributed by atoms with E-state index in [1.54, 1.807) is 0 Å². The second-order valence-electron chi connectivity index (χ2n) is 4.20. The van der Waals surface area contributed by atoms with Crippen LogP contribution >= 0.6 is 11.8 Å². The van der Waals surface area contributed by atoms with Crippen molar-refractivity contribution in [3.05, 3.63) is 0 Å². The quantitative estimate of drug-likeness (QED) is 0.764. The maximum Gasteiger partial charge on any atom is 0.303 e. The number of thioether (sulfide) groups is 1. The Hall–Kier alpha value is -0.180. The van der Waals surface area contributed by atoms with Crippen LogP contribution in [0.15, 0.2) is 0 Å². The van der Waals surface area contributed by atoms with Crippen molar-refractivity contribution < 1.29 is 9.90 Å². The summed E-state index contributed by atoms with van der Waals surface area (Å²) in [5.41, 5.74) is 0.0804. The molecule has 0 aromatic carbocycles. The van der Waals surface area contributed by atoms with Gasteiger partial charge < -0.3 is 5.11 Å². The van der Waals surface area contributed by atoms with E-state index in [1.165, 1.54) is 0 Å². The summed E-state index contributed by atoms with van der Waals surface area (Å²) >= 11 is 1.95. The first-order chi connectivity index (χ1) is 6.07. The number of rotatable bonds is 3. The fourth-order valence-corrected chi connectivity index (χ4v) is 3.34. The average molecular weight is 202 g/mol. The Labute approximate surface area is 84.1 Å². The number of hydrogen-bond acceptors (Lipinski definition) is 2. The summed E-state index contributed by atoms with van der Waals surface area (Å²) in [6.45, 7) is 4.30. The molecule has 0 aromatic rings. The number of hydrogen-bond donors (Lipinski definition) is 1. The van der Waals surface area contributed by atoms with Gasteiger partial charge in [-0.25, -0.2) is 0 Å². The molecule has 0 amide bonds. The van der Waals surface area contributed by atoms with E-state index < -0.39 is 5.97 Å². The second kappa shape index (κ2) is 4.36. The van der Waals surface area contributed by atoms with E-state index in [-0.39, 0.29) is 5.41 Å². The van der Waals surface area contributed by atoms with Gasteiger partial charge in [-0.05, 0) is 35.7 Å². The first-order valence-electron chi connectivity index (χ1n) is 4.86. The van der Waals surface area contributed by atoms with Crippen molar-refractivity contribution in [2.24, 2.45) is 11.3 Å². The molecule has 1 aliphatic heterocycles. The van der Waals surface area contributed by atoms with E-state index in [4.69, 9.17) is 5.11 Å². The minimum absolute atomic E-state index is 0.0804. The summed E-state index contributed by atoms with van der Waals surface area (Å²) in [5, 5.41) is 8.87. The average Bonchev–Trinajstić information content (AvgIpc) is 2.04. The molecule has 1 heterocycles. The molecule has 0 aliphatic carbocycles. The third-order valence-corrected chi connectivity index (χ3v) is 4.20. The van der Waals surface area contributed by atoms with Gasteiger partial charge in [0.05, 0.1) is 6.42 Å². The molecule has 13 heavy (non-hydrogen) atoms. The largest absolute Gasteiger partial charge is 0.481 e. The van der Waals surface area contributed by atoms with Gasteiger partial charge in [0.2, 0.25) is 0 Å². The van der Waals surface area contributed by atoms with Crippen LogP contribution in [0.5, 0.6) is 0 Å². The lowest BCUT2D eigenvalue weighted by molar-refractivity contribution is -0.140. The SMILES string of the molecule is CC(C)C1(CC(=O)O)CCSCC1. The Morgan fingerprint density at radius 1 is 1.46 bits per heavy atom. The van der Waals surface area contributed by atoms with E-state index >= 15 is 0 Å². The van der Waals surface area contributed by atoms with Crippen LogP contribution in [0.4, 0.5) is 0 Å². The molecule has 1 rings (SSSR count). The molecule has 1 fully saturated rings. The van der Waals surface area contributed by atoms with Crippen molar-refractivity contribution in [2.75, 3.05) is 11.5 Å². The molecule has 2 nitrogen and oxygen atoms in total. The minimum atomic E-state index is -0.638. The smallest absolute Gasteiger partial charge is 0.303 e. The molecule has 76 valence electrons. The molecule has 1 aliphatic rings. The van der Waals surface area contributed by atoms with Crippen molar-refractivity contribution in [3.63, 3.8) is 0 Å². The fourth-order valence-electron chi connectivity index (χ4n) is 2.04. The molecule has 1 N–H and O–H groups in total. The van der Waals surface area contributed by atoms with Crippen LogP contribution in [0, 0.1) is 11.3 Å². The normalized spacial score (nSPS) is 21.8. The maximum atomic E-state index is 10.8. The van der Waals surface area contributed by atoms with Crippen molar-refractivity contribution in [1.82, 2.24) is 0 Å². The Kier molecular flexibility index (Phi) is 3.65. The topological polar surface area (TPSA) is 37.3 Å². The highest BCUT2D eigenvalue weighted by Crippen LogP contribution is 2.43. The van der Waals surface area contributed by atoms with Crippen molar-refractivity contribution >= 4 is 17.7 Å². The van der Waals surface area contributed by atoms with Crippen molar-refractivity contribution in [2.45, 2.75) is 33.1 Å². The highest BCUT2D eigenvalue weighted by Gasteiger charge is 2.37. The van der Waals surface area contributed by atoms with E-state index in [2.05, 4.69) is 13.8 Å². The first kappa shape index (κ1) is 10.9. The van der Waals surface area contributed by atoms with Gasteiger partial charge in [-0.2, -0.15) is 11.8 Å². The molecule has 0 radical (unpaired) electrons. The number of aliphatic carboxylic acids is 1. The number of carbonyl (C=O) groups is 1. The van der Waals surface area contributed by atoms with Gasteiger partial charge in [-0.1, -0.05) is 13.8 Å². The molecule has 0 atom stereocenters. The Bertz CT molecular complexity index is 183. The van der Waals surface area contributed by atoms with Crippen LogP contribution in [-0.2, 0) is 4.79 Å². The van der Waals surface area contributed by atoms with Crippen LogP contribution in [0.2, 0.25) is 0 Å². The lowest BCUT2D eigenvalue weighted by atomic mass is 9.70. The van der Waals surface area contributed by atoms with Gasteiger partial charge in [0.15, 0.2) is 0 Å². The zero-order valence-corrected chi connectivity index (χ0v) is 9.19. The minimum Gasteiger partial charge on any atom is -0.481 e. The molecule has 0 bridgehead atoms. The number of carboxylic acid groups (broad SMARTS) is 1. The Morgan fingerprint density at radius 2 is 2.00 bits per heavy atom. The van der Waals surface area contributed by atoms with E-state index in [9.17, 15) is 4.79 Å². The maximum absolute atomic E-state index is 10.8. The lowest BCUT2D eigenvalue weighted by Crippen LogP contribution is -2.34. The standard InChI is InChI=1S/C10H18O2S/c1-8(2)10(7-9(11)12)3-5-13-6-4-10/h8H,3-7H2,1-2H3,(H,11,12). The molecule has 3 heteroatoms. The van der Waals surface area contributed by atoms with Gasteiger partial charge in [0, 0.05) is 0 Å². The third-order valence-electron chi connectivity index (χ3n) is 3.22. The number of carboxylic acids is 1. The zero-order valence-electron chi connectivity index (χ0n) is 8.38. The van der Waals surface area contributed by atoms with Crippen LogP contribution in [-0.4, -0.2) is 22.6 Å². The predicted octanol–water partition coefficient (Wildman–Crippen LogP) is 2.63.